The lowest BCUT2D eigenvalue weighted by atomic mass is 9.70. The minimum Gasteiger partial charge on any atom is -0.475 e. The van der Waals surface area contributed by atoms with Gasteiger partial charge in [0.05, 0.1) is 0 Å². The maximum Gasteiger partial charge on any atom is 0.371 e. The van der Waals surface area contributed by atoms with Crippen LogP contribution in [0.25, 0.3) is 0 Å². The zero-order valence-electron chi connectivity index (χ0n) is 16.0. The summed E-state index contributed by atoms with van der Waals surface area (Å²) in [4.78, 5) is 31.9. The Morgan fingerprint density at radius 3 is 2.12 bits per heavy atom. The van der Waals surface area contributed by atoms with Crippen LogP contribution in [0.4, 0.5) is 0 Å². The predicted octanol–water partition coefficient (Wildman–Crippen LogP) is 3.63. The summed E-state index contributed by atoms with van der Waals surface area (Å²) >= 11 is 0. The molecule has 1 unspecified atom stereocenters. The van der Waals surface area contributed by atoms with Crippen LogP contribution in [0.2, 0.25) is 0 Å². The third-order valence-electron chi connectivity index (χ3n) is 5.94. The van der Waals surface area contributed by atoms with Gasteiger partial charge in [-0.3, -0.25) is 0 Å². The first-order valence-corrected chi connectivity index (χ1v) is 8.49. The molecule has 6 nitrogen and oxygen atoms in total. The number of fused-ring (bicyclic) bond motifs is 2. The van der Waals surface area contributed by atoms with E-state index in [0.29, 0.717) is 11.3 Å². The standard InChI is InChI=1S/C13H20O2.C7H8O4/c1-5-11(14)15-10-8-9-6-7-13(10,4)12(9,2)3;1-4(2)7(10)11-5(3)6(8)9/h5,9-10H,1,6-8H2,2-4H3;1,3H2,2H3,(H,8,9)/t9-,10?,13-;/m1./s1. The molecule has 144 valence electrons. The molecule has 1 N–H and O–H groups in total. The highest BCUT2D eigenvalue weighted by Gasteiger charge is 2.62. The zero-order valence-corrected chi connectivity index (χ0v) is 16.0. The predicted molar refractivity (Wildman–Crippen MR) is 97.0 cm³/mol. The topological polar surface area (TPSA) is 89.9 Å². The summed E-state index contributed by atoms with van der Waals surface area (Å²) in [6, 6.07) is 0. The highest BCUT2D eigenvalue weighted by atomic mass is 16.6. The molecule has 0 saturated heterocycles. The van der Waals surface area contributed by atoms with Gasteiger partial charge < -0.3 is 14.6 Å². The number of carbonyl (C=O) groups is 3. The molecular formula is C20H28O6. The first-order valence-electron chi connectivity index (χ1n) is 8.49. The number of esters is 2. The van der Waals surface area contributed by atoms with Crippen molar-refractivity contribution in [2.75, 3.05) is 0 Å². The number of rotatable bonds is 5. The van der Waals surface area contributed by atoms with E-state index in [-0.39, 0.29) is 23.1 Å². The Morgan fingerprint density at radius 2 is 1.77 bits per heavy atom. The van der Waals surface area contributed by atoms with E-state index in [9.17, 15) is 14.4 Å². The Morgan fingerprint density at radius 1 is 1.19 bits per heavy atom. The molecule has 0 heterocycles. The maximum atomic E-state index is 11.3. The Hall–Kier alpha value is -2.37. The fraction of sp³-hybridized carbons (Fsp3) is 0.550. The molecule has 0 aromatic heterocycles. The van der Waals surface area contributed by atoms with E-state index < -0.39 is 17.7 Å². The SMILES string of the molecule is C=C(C)C(=O)OC(=C)C(=O)O.C=CC(=O)OC1C[C@H]2CC[C@@]1(C)C2(C)C. The van der Waals surface area contributed by atoms with Gasteiger partial charge in [0.15, 0.2) is 0 Å². The Labute approximate surface area is 154 Å². The number of aliphatic carboxylic acids is 1. The molecule has 0 aromatic carbocycles. The number of carboxylic acids is 1. The fourth-order valence-corrected chi connectivity index (χ4v) is 3.74. The largest absolute Gasteiger partial charge is 0.475 e. The molecule has 0 aromatic rings. The summed E-state index contributed by atoms with van der Waals surface area (Å²) < 4.78 is 9.72. The molecule has 26 heavy (non-hydrogen) atoms. The van der Waals surface area contributed by atoms with Crippen LogP contribution in [0, 0.1) is 16.7 Å². The maximum absolute atomic E-state index is 11.3. The highest BCUT2D eigenvalue weighted by molar-refractivity contribution is 5.93. The molecule has 2 aliphatic carbocycles. The van der Waals surface area contributed by atoms with Crippen LogP contribution >= 0.6 is 0 Å². The quantitative estimate of drug-likeness (QED) is 0.455. The van der Waals surface area contributed by atoms with Crippen LogP contribution < -0.4 is 0 Å². The van der Waals surface area contributed by atoms with Gasteiger partial charge in [-0.2, -0.15) is 0 Å². The van der Waals surface area contributed by atoms with Gasteiger partial charge in [0.2, 0.25) is 5.76 Å². The summed E-state index contributed by atoms with van der Waals surface area (Å²) in [5.74, 6) is -2.30. The van der Waals surface area contributed by atoms with Gasteiger partial charge in [-0.15, -0.1) is 0 Å². The van der Waals surface area contributed by atoms with Crippen molar-refractivity contribution in [1.82, 2.24) is 0 Å². The van der Waals surface area contributed by atoms with E-state index in [4.69, 9.17) is 9.84 Å². The molecule has 3 atom stereocenters. The van der Waals surface area contributed by atoms with Crippen molar-refractivity contribution in [3.63, 3.8) is 0 Å². The Bertz CT molecular complexity index is 621. The van der Waals surface area contributed by atoms with Gasteiger partial charge in [0.1, 0.15) is 6.10 Å². The second-order valence-corrected chi connectivity index (χ2v) is 7.64. The molecule has 0 aliphatic heterocycles. The van der Waals surface area contributed by atoms with Gasteiger partial charge in [0, 0.05) is 17.1 Å². The molecule has 2 saturated carbocycles. The van der Waals surface area contributed by atoms with Crippen LogP contribution in [0.5, 0.6) is 0 Å². The molecule has 2 rings (SSSR count). The Kier molecular flexibility index (Phi) is 6.58. The summed E-state index contributed by atoms with van der Waals surface area (Å²) in [6.07, 6.45) is 4.85. The van der Waals surface area contributed by atoms with E-state index in [1.54, 1.807) is 0 Å². The first-order chi connectivity index (χ1) is 11.9. The molecule has 2 bridgehead atoms. The summed E-state index contributed by atoms with van der Waals surface area (Å²) in [5, 5.41) is 8.21. The van der Waals surface area contributed by atoms with Crippen molar-refractivity contribution >= 4 is 17.9 Å². The average Bonchev–Trinajstić information content (AvgIpc) is 2.88. The monoisotopic (exact) mass is 364 g/mol. The van der Waals surface area contributed by atoms with Crippen LogP contribution in [-0.2, 0) is 23.9 Å². The Balaban J connectivity index is 0.000000276. The molecule has 2 aliphatic rings. The lowest BCUT2D eigenvalue weighted by Gasteiger charge is -2.38. The van der Waals surface area contributed by atoms with Gasteiger partial charge >= 0.3 is 17.9 Å². The van der Waals surface area contributed by atoms with E-state index >= 15 is 0 Å². The number of hydrogen-bond donors (Lipinski definition) is 1. The zero-order chi connectivity index (χ0) is 20.3. The van der Waals surface area contributed by atoms with Crippen molar-refractivity contribution in [2.24, 2.45) is 16.7 Å². The second kappa shape index (κ2) is 7.89. The van der Waals surface area contributed by atoms with E-state index in [0.717, 1.165) is 6.42 Å². The minimum atomic E-state index is -1.36. The average molecular weight is 364 g/mol. The lowest BCUT2D eigenvalue weighted by molar-refractivity contribution is -0.150. The lowest BCUT2D eigenvalue weighted by Crippen LogP contribution is -2.38. The molecular weight excluding hydrogens is 336 g/mol. The normalized spacial score (nSPS) is 27.5. The summed E-state index contributed by atoms with van der Waals surface area (Å²) in [6.45, 7) is 18.0. The number of carboxylic acid groups (broad SMARTS) is 1. The molecule has 2 fully saturated rings. The third kappa shape index (κ3) is 4.23. The number of hydrogen-bond acceptors (Lipinski definition) is 5. The summed E-state index contributed by atoms with van der Waals surface area (Å²) in [5.41, 5.74) is 0.600. The van der Waals surface area contributed by atoms with Crippen LogP contribution in [0.1, 0.15) is 47.0 Å². The van der Waals surface area contributed by atoms with Gasteiger partial charge in [-0.05, 0) is 44.1 Å². The molecule has 0 radical (unpaired) electrons. The smallest absolute Gasteiger partial charge is 0.371 e. The summed E-state index contributed by atoms with van der Waals surface area (Å²) in [7, 11) is 0. The van der Waals surface area contributed by atoms with E-state index in [1.807, 2.05) is 0 Å². The highest BCUT2D eigenvalue weighted by Crippen LogP contribution is 2.66. The number of ether oxygens (including phenoxy) is 2. The van der Waals surface area contributed by atoms with Crippen molar-refractivity contribution in [2.45, 2.75) is 53.1 Å². The van der Waals surface area contributed by atoms with Gasteiger partial charge in [0.25, 0.3) is 0 Å². The van der Waals surface area contributed by atoms with Gasteiger partial charge in [-0.25, -0.2) is 14.4 Å². The van der Waals surface area contributed by atoms with Crippen LogP contribution in [0.3, 0.4) is 0 Å². The van der Waals surface area contributed by atoms with Crippen LogP contribution in [-0.4, -0.2) is 29.1 Å². The molecule has 6 heteroatoms. The minimum absolute atomic E-state index is 0.0942. The van der Waals surface area contributed by atoms with Crippen molar-refractivity contribution in [3.8, 4) is 0 Å². The number of carbonyl (C=O) groups excluding carboxylic acids is 2. The fourth-order valence-electron chi connectivity index (χ4n) is 3.74. The second-order valence-electron chi connectivity index (χ2n) is 7.64. The third-order valence-corrected chi connectivity index (χ3v) is 5.94. The molecule has 0 amide bonds. The van der Waals surface area contributed by atoms with E-state index in [1.165, 1.54) is 25.8 Å². The van der Waals surface area contributed by atoms with Crippen molar-refractivity contribution in [1.29, 1.82) is 0 Å². The molecule has 0 spiro atoms. The van der Waals surface area contributed by atoms with E-state index in [2.05, 4.69) is 45.2 Å². The van der Waals surface area contributed by atoms with Crippen molar-refractivity contribution in [3.05, 3.63) is 37.1 Å². The first kappa shape index (κ1) is 21.7. The van der Waals surface area contributed by atoms with Crippen LogP contribution in [0.15, 0.2) is 37.1 Å². The van der Waals surface area contributed by atoms with Crippen molar-refractivity contribution < 1.29 is 29.0 Å². The van der Waals surface area contributed by atoms with Gasteiger partial charge in [-0.1, -0.05) is 33.9 Å².